The molecule has 0 amide bonds. The van der Waals surface area contributed by atoms with Crippen LogP contribution in [0.3, 0.4) is 0 Å². The van der Waals surface area contributed by atoms with Crippen molar-refractivity contribution in [2.45, 2.75) is 24.7 Å². The van der Waals surface area contributed by atoms with E-state index in [0.717, 1.165) is 63.2 Å². The van der Waals surface area contributed by atoms with E-state index in [1.54, 1.807) is 31.2 Å². The van der Waals surface area contributed by atoms with Crippen LogP contribution in [0.2, 0.25) is 0 Å². The highest BCUT2D eigenvalue weighted by molar-refractivity contribution is 8.14. The molecule has 0 aromatic heterocycles. The fourth-order valence-corrected chi connectivity index (χ4v) is 4.59. The Bertz CT molecular complexity index is 1570. The maximum atomic E-state index is 12.8. The van der Waals surface area contributed by atoms with Gasteiger partial charge in [-0.25, -0.2) is 9.59 Å². The van der Waals surface area contributed by atoms with Crippen molar-refractivity contribution in [3.05, 3.63) is 115 Å². The molecule has 0 unspecified atom stereocenters. The molecule has 0 saturated heterocycles. The number of esters is 2. The van der Waals surface area contributed by atoms with Crippen LogP contribution < -0.4 is 9.47 Å². The summed E-state index contributed by atoms with van der Waals surface area (Å²) in [6, 6.07) is 26.5. The normalized spacial score (nSPS) is 10.6. The van der Waals surface area contributed by atoms with Crippen LogP contribution >= 0.6 is 11.8 Å². The van der Waals surface area contributed by atoms with Crippen LogP contribution in [0, 0.1) is 0 Å². The predicted octanol–water partition coefficient (Wildman–Crippen LogP) is 7.81. The maximum Gasteiger partial charge on any atom is 0.338 e. The Morgan fingerprint density at radius 3 is 2.12 bits per heavy atom. The Kier molecular flexibility index (Phi) is 10.1. The molecule has 0 radical (unpaired) electrons. The number of carbonyl (C=O) groups excluding carboxylic acids is 3. The van der Waals surface area contributed by atoms with Crippen molar-refractivity contribution >= 4 is 39.6 Å². The quantitative estimate of drug-likeness (QED) is 0.0569. The second kappa shape index (κ2) is 14.1. The summed E-state index contributed by atoms with van der Waals surface area (Å²) in [7, 11) is 0. The molecule has 0 aliphatic carbocycles. The van der Waals surface area contributed by atoms with Gasteiger partial charge >= 0.3 is 11.9 Å². The summed E-state index contributed by atoms with van der Waals surface area (Å²) in [5.74, 6) is 0.295. The van der Waals surface area contributed by atoms with Crippen molar-refractivity contribution in [3.63, 3.8) is 0 Å². The molecule has 4 aromatic carbocycles. The monoisotopic (exact) mass is 566 g/mol. The van der Waals surface area contributed by atoms with E-state index in [4.69, 9.17) is 14.2 Å². The fourth-order valence-electron chi connectivity index (χ4n) is 3.85. The van der Waals surface area contributed by atoms with Gasteiger partial charge in [0, 0.05) is 22.1 Å². The average molecular weight is 567 g/mol. The standard InChI is InChI=1S/C34H30O6S/c1-4-32(35)39-20-6-5-19-38-30-14-13-27-21-26(11-12-28(27)22-30)24-7-9-25(10-8-24)34(37)41-31-17-15-29(16-18-31)40-33(36)23(2)3/h4,7-18,21-22H,1-2,5-6,19-20H2,3H3. The van der Waals surface area contributed by atoms with E-state index in [1.165, 1.54) is 0 Å². The fraction of sp³-hybridized carbons (Fsp3) is 0.147. The number of ether oxygens (including phenoxy) is 3. The molecule has 0 fully saturated rings. The number of fused-ring (bicyclic) bond motifs is 1. The van der Waals surface area contributed by atoms with Crippen molar-refractivity contribution in [1.29, 1.82) is 0 Å². The number of benzene rings is 4. The molecule has 0 saturated carbocycles. The van der Waals surface area contributed by atoms with Gasteiger partial charge in [-0.05, 0) is 108 Å². The van der Waals surface area contributed by atoms with Gasteiger partial charge in [0.25, 0.3) is 0 Å². The Labute approximate surface area is 243 Å². The minimum atomic E-state index is -0.485. The third-order valence-electron chi connectivity index (χ3n) is 6.08. The van der Waals surface area contributed by atoms with Crippen LogP contribution in [0.15, 0.2) is 115 Å². The molecule has 0 aliphatic rings. The second-order valence-corrected chi connectivity index (χ2v) is 10.3. The molecular weight excluding hydrogens is 536 g/mol. The third-order valence-corrected chi connectivity index (χ3v) is 7.01. The first kappa shape index (κ1) is 29.4. The van der Waals surface area contributed by atoms with Gasteiger partial charge in [-0.15, -0.1) is 0 Å². The zero-order valence-electron chi connectivity index (χ0n) is 22.8. The van der Waals surface area contributed by atoms with Crippen LogP contribution in [0.1, 0.15) is 30.1 Å². The summed E-state index contributed by atoms with van der Waals surface area (Å²) in [5.41, 5.74) is 2.97. The van der Waals surface area contributed by atoms with Gasteiger partial charge in [0.05, 0.1) is 13.2 Å². The highest BCUT2D eigenvalue weighted by Crippen LogP contribution is 2.29. The molecule has 0 atom stereocenters. The van der Waals surface area contributed by atoms with Crippen LogP contribution in [-0.4, -0.2) is 30.3 Å². The van der Waals surface area contributed by atoms with E-state index in [-0.39, 0.29) is 5.12 Å². The van der Waals surface area contributed by atoms with Crippen LogP contribution in [0.5, 0.6) is 11.5 Å². The van der Waals surface area contributed by atoms with Crippen LogP contribution in [-0.2, 0) is 14.3 Å². The Morgan fingerprint density at radius 2 is 1.41 bits per heavy atom. The van der Waals surface area contributed by atoms with E-state index in [9.17, 15) is 14.4 Å². The van der Waals surface area contributed by atoms with Gasteiger partial charge in [0.2, 0.25) is 5.12 Å². The first-order valence-electron chi connectivity index (χ1n) is 13.1. The number of rotatable bonds is 12. The molecule has 0 heterocycles. The zero-order valence-corrected chi connectivity index (χ0v) is 23.6. The van der Waals surface area contributed by atoms with Crippen LogP contribution in [0.25, 0.3) is 21.9 Å². The molecule has 6 nitrogen and oxygen atoms in total. The molecule has 208 valence electrons. The summed E-state index contributed by atoms with van der Waals surface area (Å²) in [5, 5.41) is 2.07. The van der Waals surface area contributed by atoms with Gasteiger partial charge in [-0.3, -0.25) is 4.79 Å². The van der Waals surface area contributed by atoms with Gasteiger partial charge in [-0.2, -0.15) is 0 Å². The van der Waals surface area contributed by atoms with E-state index < -0.39 is 11.9 Å². The molecule has 7 heteroatoms. The number of carbonyl (C=O) groups is 3. The zero-order chi connectivity index (χ0) is 29.2. The number of unbranched alkanes of at least 4 members (excludes halogenated alkanes) is 1. The van der Waals surface area contributed by atoms with Crippen molar-refractivity contribution in [2.75, 3.05) is 13.2 Å². The van der Waals surface area contributed by atoms with Gasteiger partial charge in [0.15, 0.2) is 0 Å². The van der Waals surface area contributed by atoms with Crippen molar-refractivity contribution < 1.29 is 28.6 Å². The number of thioether (sulfide) groups is 1. The lowest BCUT2D eigenvalue weighted by atomic mass is 10.0. The Balaban J connectivity index is 1.32. The lowest BCUT2D eigenvalue weighted by Gasteiger charge is -2.09. The van der Waals surface area contributed by atoms with Crippen molar-refractivity contribution in [2.24, 2.45) is 0 Å². The number of hydrogen-bond acceptors (Lipinski definition) is 7. The SMILES string of the molecule is C=CC(=O)OCCCCOc1ccc2cc(-c3ccc(C(=O)Sc4ccc(OC(=O)C(=C)C)cc4)cc3)ccc2c1. The van der Waals surface area contributed by atoms with E-state index in [0.29, 0.717) is 30.1 Å². The van der Waals surface area contributed by atoms with E-state index in [2.05, 4.69) is 25.3 Å². The van der Waals surface area contributed by atoms with E-state index >= 15 is 0 Å². The molecule has 4 rings (SSSR count). The minimum absolute atomic E-state index is 0.0768. The average Bonchev–Trinajstić information content (AvgIpc) is 2.99. The van der Waals surface area contributed by atoms with Gasteiger partial charge in [0.1, 0.15) is 11.5 Å². The summed E-state index contributed by atoms with van der Waals surface area (Å²) >= 11 is 1.11. The Morgan fingerprint density at radius 1 is 0.780 bits per heavy atom. The molecule has 0 aliphatic heterocycles. The lowest BCUT2D eigenvalue weighted by Crippen LogP contribution is -2.07. The molecule has 0 bridgehead atoms. The van der Waals surface area contributed by atoms with Crippen molar-refractivity contribution in [1.82, 2.24) is 0 Å². The lowest BCUT2D eigenvalue weighted by molar-refractivity contribution is -0.138. The molecule has 0 spiro atoms. The first-order valence-corrected chi connectivity index (χ1v) is 13.9. The molecule has 0 N–H and O–H groups in total. The largest absolute Gasteiger partial charge is 0.494 e. The summed E-state index contributed by atoms with van der Waals surface area (Å²) in [6.07, 6.45) is 2.66. The molecule has 41 heavy (non-hydrogen) atoms. The minimum Gasteiger partial charge on any atom is -0.494 e. The topological polar surface area (TPSA) is 78.9 Å². The Hall–Kier alpha value is -4.62. The second-order valence-electron chi connectivity index (χ2n) is 9.26. The van der Waals surface area contributed by atoms with Crippen LogP contribution in [0.4, 0.5) is 0 Å². The maximum absolute atomic E-state index is 12.8. The smallest absolute Gasteiger partial charge is 0.338 e. The number of hydrogen-bond donors (Lipinski definition) is 0. The highest BCUT2D eigenvalue weighted by atomic mass is 32.2. The predicted molar refractivity (Wildman–Crippen MR) is 162 cm³/mol. The van der Waals surface area contributed by atoms with Crippen molar-refractivity contribution in [3.8, 4) is 22.6 Å². The first-order chi connectivity index (χ1) is 19.8. The highest BCUT2D eigenvalue weighted by Gasteiger charge is 2.11. The summed E-state index contributed by atoms with van der Waals surface area (Å²) in [4.78, 5) is 36.3. The summed E-state index contributed by atoms with van der Waals surface area (Å²) < 4.78 is 16.0. The van der Waals surface area contributed by atoms with E-state index in [1.807, 2.05) is 48.5 Å². The van der Waals surface area contributed by atoms with Gasteiger partial charge in [-0.1, -0.05) is 43.5 Å². The van der Waals surface area contributed by atoms with Gasteiger partial charge < -0.3 is 14.2 Å². The molecular formula is C34H30O6S. The molecule has 4 aromatic rings. The third kappa shape index (κ3) is 8.43. The summed E-state index contributed by atoms with van der Waals surface area (Å²) in [6.45, 7) is 9.41.